The van der Waals surface area contributed by atoms with Gasteiger partial charge in [-0.15, -0.1) is 0 Å². The first-order chi connectivity index (χ1) is 17.4. The van der Waals surface area contributed by atoms with Gasteiger partial charge in [-0.1, -0.05) is 17.1 Å². The van der Waals surface area contributed by atoms with Crippen LogP contribution in [0.4, 0.5) is 0 Å². The van der Waals surface area contributed by atoms with Crippen LogP contribution in [0, 0.1) is 0 Å². The van der Waals surface area contributed by atoms with Crippen LogP contribution in [-0.4, -0.2) is 51.0 Å². The molecule has 0 N–H and O–H groups in total. The van der Waals surface area contributed by atoms with E-state index in [1.165, 1.54) is 33.5 Å². The van der Waals surface area contributed by atoms with E-state index in [1.807, 2.05) is 13.8 Å². The second kappa shape index (κ2) is 12.2. The molecule has 8 nitrogen and oxygen atoms in total. The van der Waals surface area contributed by atoms with Crippen LogP contribution >= 0.6 is 7.80 Å². The third-order valence-electron chi connectivity index (χ3n) is 6.42. The summed E-state index contributed by atoms with van der Waals surface area (Å²) in [5.74, 6) is 1.08. The molecule has 36 heavy (non-hydrogen) atoms. The minimum atomic E-state index is -2.73. The van der Waals surface area contributed by atoms with E-state index in [4.69, 9.17) is 23.7 Å². The zero-order chi connectivity index (χ0) is 26.3. The molecule has 0 amide bonds. The van der Waals surface area contributed by atoms with Crippen molar-refractivity contribution in [3.8, 4) is 28.7 Å². The number of carbonyl (C=O) groups is 2. The van der Waals surface area contributed by atoms with Gasteiger partial charge in [-0.3, -0.25) is 4.79 Å². The maximum Gasteiger partial charge on any atom is 0.434 e. The highest BCUT2D eigenvalue weighted by molar-refractivity contribution is 7.67. The highest BCUT2D eigenvalue weighted by atomic mass is 31.1. The Hall–Kier alpha value is -3.12. The van der Waals surface area contributed by atoms with Gasteiger partial charge in [-0.25, -0.2) is 4.79 Å². The first kappa shape index (κ1) is 27.5. The molecule has 1 saturated carbocycles. The Kier molecular flexibility index (Phi) is 9.32. The number of rotatable bonds is 12. The van der Waals surface area contributed by atoms with E-state index in [2.05, 4.69) is 0 Å². The summed E-state index contributed by atoms with van der Waals surface area (Å²) < 4.78 is 41.9. The Morgan fingerprint density at radius 3 is 1.78 bits per heavy atom. The molecule has 0 bridgehead atoms. The Morgan fingerprint density at radius 2 is 1.33 bits per heavy atom. The number of methoxy groups -OCH3 is 3. The topological polar surface area (TPSA) is 97.4 Å². The van der Waals surface area contributed by atoms with E-state index in [-0.39, 0.29) is 22.6 Å². The van der Waals surface area contributed by atoms with Crippen molar-refractivity contribution in [2.24, 2.45) is 0 Å². The van der Waals surface area contributed by atoms with Crippen molar-refractivity contribution < 1.29 is 37.8 Å². The van der Waals surface area contributed by atoms with Crippen LogP contribution in [0.1, 0.15) is 66.7 Å². The van der Waals surface area contributed by atoms with Gasteiger partial charge in [-0.2, -0.15) is 0 Å². The minimum absolute atomic E-state index is 0.0304. The molecule has 1 aliphatic rings. The predicted octanol–water partition coefficient (Wildman–Crippen LogP) is 6.06. The summed E-state index contributed by atoms with van der Waals surface area (Å²) in [6.07, 6.45) is 2.89. The van der Waals surface area contributed by atoms with Gasteiger partial charge in [0, 0.05) is 25.0 Å². The van der Waals surface area contributed by atoms with E-state index < -0.39 is 24.3 Å². The van der Waals surface area contributed by atoms with Gasteiger partial charge in [-0.05, 0) is 38.8 Å². The summed E-state index contributed by atoms with van der Waals surface area (Å²) in [7, 11) is 1.57. The molecule has 0 spiro atoms. The maximum absolute atomic E-state index is 14.3. The minimum Gasteiger partial charge on any atom is -0.496 e. The quantitative estimate of drug-likeness (QED) is 0.247. The SMILES string of the molecule is CCOc1cccc(OCC)c1C(=O)C1([P+](=O)C(=O)c2c(OC)cc(OC)cc2OC)CCCCC1. The summed E-state index contributed by atoms with van der Waals surface area (Å²) >= 11 is 0. The molecule has 0 aliphatic heterocycles. The van der Waals surface area contributed by atoms with Crippen LogP contribution in [0.5, 0.6) is 28.7 Å². The molecule has 0 aromatic heterocycles. The predicted molar refractivity (Wildman–Crippen MR) is 137 cm³/mol. The van der Waals surface area contributed by atoms with Crippen LogP contribution < -0.4 is 23.7 Å². The molecule has 1 atom stereocenters. The molecule has 2 aromatic carbocycles. The van der Waals surface area contributed by atoms with Crippen molar-refractivity contribution in [2.45, 2.75) is 51.1 Å². The first-order valence-corrected chi connectivity index (χ1v) is 13.4. The van der Waals surface area contributed by atoms with Crippen LogP contribution in [-0.2, 0) is 4.57 Å². The standard InChI is InChI=1S/C27H34O8P/c1-6-34-19-12-11-13-20(35-7-2)23(19)25(28)27(14-9-8-10-15-27)36(30)26(29)24-21(32-4)16-18(31-3)17-22(24)33-5/h11-13,16-17H,6-10,14-15H2,1-5H3/q+1. The van der Waals surface area contributed by atoms with E-state index in [1.54, 1.807) is 18.2 Å². The number of carbonyl (C=O) groups excluding carboxylic acids is 2. The largest absolute Gasteiger partial charge is 0.496 e. The monoisotopic (exact) mass is 517 g/mol. The zero-order valence-corrected chi connectivity index (χ0v) is 22.4. The average Bonchev–Trinajstić information content (AvgIpc) is 2.91. The van der Waals surface area contributed by atoms with Crippen molar-refractivity contribution in [3.63, 3.8) is 0 Å². The van der Waals surface area contributed by atoms with E-state index in [0.717, 1.165) is 6.42 Å². The highest BCUT2D eigenvalue weighted by Gasteiger charge is 2.61. The molecule has 0 radical (unpaired) electrons. The fraction of sp³-hybridized carbons (Fsp3) is 0.481. The number of hydrogen-bond acceptors (Lipinski definition) is 8. The highest BCUT2D eigenvalue weighted by Crippen LogP contribution is 2.55. The molecule has 3 rings (SSSR count). The normalized spacial score (nSPS) is 15.0. The van der Waals surface area contributed by atoms with E-state index in [9.17, 15) is 14.2 Å². The lowest BCUT2D eigenvalue weighted by Crippen LogP contribution is -2.39. The van der Waals surface area contributed by atoms with Gasteiger partial charge in [0.05, 0.1) is 34.5 Å². The number of Topliss-reactive ketones (excluding diaryl/α,β-unsaturated/α-hetero) is 1. The maximum atomic E-state index is 14.3. The van der Waals surface area contributed by atoms with Crippen LogP contribution in [0.3, 0.4) is 0 Å². The average molecular weight is 518 g/mol. The number of ketones is 1. The molecule has 1 aliphatic carbocycles. The van der Waals surface area contributed by atoms with Crippen LogP contribution in [0.15, 0.2) is 30.3 Å². The summed E-state index contributed by atoms with van der Waals surface area (Å²) in [4.78, 5) is 28.2. The molecule has 1 fully saturated rings. The fourth-order valence-corrected chi connectivity index (χ4v) is 6.52. The van der Waals surface area contributed by atoms with Gasteiger partial charge < -0.3 is 23.7 Å². The Morgan fingerprint density at radius 1 is 0.806 bits per heavy atom. The summed E-state index contributed by atoms with van der Waals surface area (Å²) in [6, 6.07) is 8.21. The van der Waals surface area contributed by atoms with Gasteiger partial charge in [0.2, 0.25) is 10.9 Å². The van der Waals surface area contributed by atoms with Crippen molar-refractivity contribution in [1.82, 2.24) is 0 Å². The van der Waals surface area contributed by atoms with Gasteiger partial charge in [0.1, 0.15) is 34.3 Å². The zero-order valence-electron chi connectivity index (χ0n) is 21.5. The third-order valence-corrected chi connectivity index (χ3v) is 8.44. The second-order valence-electron chi connectivity index (χ2n) is 8.42. The van der Waals surface area contributed by atoms with Crippen LogP contribution in [0.25, 0.3) is 0 Å². The molecule has 1 unspecified atom stereocenters. The van der Waals surface area contributed by atoms with E-state index >= 15 is 0 Å². The molecular formula is C27H34O8P+. The molecular weight excluding hydrogens is 483 g/mol. The van der Waals surface area contributed by atoms with Crippen molar-refractivity contribution in [1.29, 1.82) is 0 Å². The summed E-state index contributed by atoms with van der Waals surface area (Å²) in [5.41, 5.74) is -0.431. The summed E-state index contributed by atoms with van der Waals surface area (Å²) in [6.45, 7) is 4.33. The van der Waals surface area contributed by atoms with Gasteiger partial charge >= 0.3 is 13.3 Å². The number of benzene rings is 2. The molecule has 9 heteroatoms. The van der Waals surface area contributed by atoms with E-state index in [0.29, 0.717) is 56.1 Å². The van der Waals surface area contributed by atoms with Crippen molar-refractivity contribution >= 4 is 19.1 Å². The van der Waals surface area contributed by atoms with Gasteiger partial charge in [0.15, 0.2) is 5.56 Å². The number of ether oxygens (including phenoxy) is 5. The number of hydrogen-bond donors (Lipinski definition) is 0. The van der Waals surface area contributed by atoms with Crippen molar-refractivity contribution in [3.05, 3.63) is 41.5 Å². The lowest BCUT2D eigenvalue weighted by atomic mass is 9.82. The Balaban J connectivity index is 2.17. The van der Waals surface area contributed by atoms with Crippen molar-refractivity contribution in [2.75, 3.05) is 34.5 Å². The summed E-state index contributed by atoms with van der Waals surface area (Å²) in [5, 5.41) is -1.40. The molecule has 2 aromatic rings. The Labute approximate surface area is 213 Å². The third kappa shape index (κ3) is 5.19. The molecule has 0 heterocycles. The smallest absolute Gasteiger partial charge is 0.434 e. The van der Waals surface area contributed by atoms with Crippen LogP contribution in [0.2, 0.25) is 0 Å². The lowest BCUT2D eigenvalue weighted by molar-refractivity contribution is 0.0895. The second-order valence-corrected chi connectivity index (χ2v) is 10.3. The molecule has 0 saturated heterocycles. The first-order valence-electron chi connectivity index (χ1n) is 12.1. The lowest BCUT2D eigenvalue weighted by Gasteiger charge is -2.28. The Bertz CT molecular complexity index is 1070. The molecule has 194 valence electrons. The van der Waals surface area contributed by atoms with Gasteiger partial charge in [0.25, 0.3) is 0 Å². The fourth-order valence-electron chi connectivity index (χ4n) is 4.69.